The number of rotatable bonds is 5. The minimum atomic E-state index is -0.961. The molecule has 5 nitrogen and oxygen atoms in total. The molecule has 2 rings (SSSR count). The van der Waals surface area contributed by atoms with E-state index in [0.717, 1.165) is 5.69 Å². The maximum absolute atomic E-state index is 13.1. The van der Waals surface area contributed by atoms with Crippen molar-refractivity contribution >= 4 is 5.91 Å². The molecular weight excluding hydrogens is 285 g/mol. The molecule has 1 amide bonds. The molecule has 0 fully saturated rings. The van der Waals surface area contributed by atoms with Crippen molar-refractivity contribution in [2.24, 2.45) is 7.05 Å². The molecule has 22 heavy (non-hydrogen) atoms. The zero-order valence-electron chi connectivity index (χ0n) is 12.9. The van der Waals surface area contributed by atoms with Crippen LogP contribution in [0.1, 0.15) is 47.6 Å². The molecule has 0 radical (unpaired) electrons. The summed E-state index contributed by atoms with van der Waals surface area (Å²) in [6, 6.07) is 7.41. The first-order valence-corrected chi connectivity index (χ1v) is 7.14. The molecule has 0 saturated carbocycles. The fourth-order valence-corrected chi connectivity index (χ4v) is 2.10. The van der Waals surface area contributed by atoms with E-state index < -0.39 is 11.9 Å². The number of hydrogen-bond acceptors (Lipinski definition) is 3. The summed E-state index contributed by atoms with van der Waals surface area (Å²) in [5, 5.41) is 16.9. The smallest absolute Gasteiger partial charge is 0.269 e. The second-order valence-corrected chi connectivity index (χ2v) is 5.51. The Morgan fingerprint density at radius 2 is 2.14 bits per heavy atom. The Hall–Kier alpha value is -2.21. The summed E-state index contributed by atoms with van der Waals surface area (Å²) in [6.45, 7) is 4.00. The zero-order valence-corrected chi connectivity index (χ0v) is 12.9. The molecule has 2 aromatic rings. The standard InChI is InChI=1S/C16H20FN3O2/c1-10(2)13-8-14(20(3)19-13)16(22)18-9-15(21)11-5-4-6-12(17)7-11/h4-8,10,15,21H,9H2,1-3H3,(H,18,22)/t15-/m0/s1. The van der Waals surface area contributed by atoms with Crippen molar-refractivity contribution in [1.82, 2.24) is 15.1 Å². The first-order chi connectivity index (χ1) is 10.4. The van der Waals surface area contributed by atoms with Crippen LogP contribution in [-0.2, 0) is 7.05 Å². The third kappa shape index (κ3) is 3.71. The molecule has 0 saturated heterocycles. The van der Waals surface area contributed by atoms with Gasteiger partial charge in [0.05, 0.1) is 11.8 Å². The molecule has 1 aromatic heterocycles. The zero-order chi connectivity index (χ0) is 16.3. The van der Waals surface area contributed by atoms with Crippen molar-refractivity contribution in [2.75, 3.05) is 6.54 Å². The minimum absolute atomic E-state index is 0.00444. The van der Waals surface area contributed by atoms with Gasteiger partial charge in [0.2, 0.25) is 0 Å². The predicted molar refractivity (Wildman–Crippen MR) is 81.0 cm³/mol. The van der Waals surface area contributed by atoms with Crippen LogP contribution in [-0.4, -0.2) is 27.3 Å². The van der Waals surface area contributed by atoms with Crippen LogP contribution >= 0.6 is 0 Å². The summed E-state index contributed by atoms with van der Waals surface area (Å²) < 4.78 is 14.6. The van der Waals surface area contributed by atoms with Gasteiger partial charge in [-0.15, -0.1) is 0 Å². The van der Waals surface area contributed by atoms with Crippen molar-refractivity contribution in [1.29, 1.82) is 0 Å². The molecular formula is C16H20FN3O2. The van der Waals surface area contributed by atoms with Crippen molar-refractivity contribution in [3.8, 4) is 0 Å². The lowest BCUT2D eigenvalue weighted by molar-refractivity contribution is 0.0907. The molecule has 0 unspecified atom stereocenters. The number of nitrogens with one attached hydrogen (secondary N) is 1. The van der Waals surface area contributed by atoms with Gasteiger partial charge in [0, 0.05) is 13.6 Å². The molecule has 0 bridgehead atoms. The minimum Gasteiger partial charge on any atom is -0.387 e. The van der Waals surface area contributed by atoms with E-state index in [4.69, 9.17) is 0 Å². The number of amides is 1. The van der Waals surface area contributed by atoms with Gasteiger partial charge in [0.15, 0.2) is 0 Å². The fourth-order valence-electron chi connectivity index (χ4n) is 2.10. The van der Waals surface area contributed by atoms with Crippen LogP contribution in [0.15, 0.2) is 30.3 Å². The van der Waals surface area contributed by atoms with E-state index in [2.05, 4.69) is 10.4 Å². The summed E-state index contributed by atoms with van der Waals surface area (Å²) in [7, 11) is 1.70. The van der Waals surface area contributed by atoms with E-state index in [9.17, 15) is 14.3 Å². The van der Waals surface area contributed by atoms with Crippen LogP contribution in [0.2, 0.25) is 0 Å². The average molecular weight is 305 g/mol. The lowest BCUT2D eigenvalue weighted by Crippen LogP contribution is -2.29. The van der Waals surface area contributed by atoms with E-state index in [-0.39, 0.29) is 18.4 Å². The largest absolute Gasteiger partial charge is 0.387 e. The Bertz CT molecular complexity index is 667. The fraction of sp³-hybridized carbons (Fsp3) is 0.375. The number of aliphatic hydroxyl groups excluding tert-OH is 1. The number of nitrogens with zero attached hydrogens (tertiary/aromatic N) is 2. The van der Waals surface area contributed by atoms with E-state index >= 15 is 0 Å². The van der Waals surface area contributed by atoms with Gasteiger partial charge in [-0.2, -0.15) is 5.10 Å². The van der Waals surface area contributed by atoms with Crippen LogP contribution < -0.4 is 5.32 Å². The van der Waals surface area contributed by atoms with Crippen LogP contribution in [0.3, 0.4) is 0 Å². The van der Waals surface area contributed by atoms with Crippen LogP contribution in [0.5, 0.6) is 0 Å². The number of carbonyl (C=O) groups is 1. The lowest BCUT2D eigenvalue weighted by atomic mass is 10.1. The van der Waals surface area contributed by atoms with Crippen molar-refractivity contribution < 1.29 is 14.3 Å². The van der Waals surface area contributed by atoms with Gasteiger partial charge in [-0.1, -0.05) is 26.0 Å². The molecule has 0 aliphatic heterocycles. The maximum atomic E-state index is 13.1. The molecule has 2 N–H and O–H groups in total. The van der Waals surface area contributed by atoms with Crippen molar-refractivity contribution in [3.63, 3.8) is 0 Å². The highest BCUT2D eigenvalue weighted by molar-refractivity contribution is 5.92. The van der Waals surface area contributed by atoms with E-state index in [0.29, 0.717) is 11.3 Å². The van der Waals surface area contributed by atoms with Crippen LogP contribution in [0.25, 0.3) is 0 Å². The van der Waals surface area contributed by atoms with Gasteiger partial charge >= 0.3 is 0 Å². The number of benzene rings is 1. The van der Waals surface area contributed by atoms with Gasteiger partial charge in [0.25, 0.3) is 5.91 Å². The Balaban J connectivity index is 2.01. The molecule has 1 heterocycles. The number of carbonyl (C=O) groups excluding carboxylic acids is 1. The summed E-state index contributed by atoms with van der Waals surface area (Å²) >= 11 is 0. The maximum Gasteiger partial charge on any atom is 0.269 e. The summed E-state index contributed by atoms with van der Waals surface area (Å²) in [5.41, 5.74) is 1.68. The highest BCUT2D eigenvalue weighted by Crippen LogP contribution is 2.15. The Morgan fingerprint density at radius 3 is 2.73 bits per heavy atom. The third-order valence-corrected chi connectivity index (χ3v) is 3.41. The van der Waals surface area contributed by atoms with E-state index in [1.807, 2.05) is 13.8 Å². The lowest BCUT2D eigenvalue weighted by Gasteiger charge is -2.12. The van der Waals surface area contributed by atoms with Crippen LogP contribution in [0, 0.1) is 5.82 Å². The van der Waals surface area contributed by atoms with Gasteiger partial charge in [-0.3, -0.25) is 9.48 Å². The quantitative estimate of drug-likeness (QED) is 0.889. The molecule has 0 spiro atoms. The van der Waals surface area contributed by atoms with Gasteiger partial charge in [-0.05, 0) is 29.7 Å². The predicted octanol–water partition coefficient (Wildman–Crippen LogP) is 2.15. The number of halogens is 1. The van der Waals surface area contributed by atoms with Gasteiger partial charge in [-0.25, -0.2) is 4.39 Å². The molecule has 118 valence electrons. The third-order valence-electron chi connectivity index (χ3n) is 3.41. The second kappa shape index (κ2) is 6.70. The number of aromatic nitrogens is 2. The molecule has 0 aliphatic carbocycles. The normalized spacial score (nSPS) is 12.5. The number of aliphatic hydroxyl groups is 1. The highest BCUT2D eigenvalue weighted by atomic mass is 19.1. The van der Waals surface area contributed by atoms with E-state index in [1.54, 1.807) is 19.2 Å². The van der Waals surface area contributed by atoms with Gasteiger partial charge < -0.3 is 10.4 Å². The Morgan fingerprint density at radius 1 is 1.41 bits per heavy atom. The van der Waals surface area contributed by atoms with Gasteiger partial charge in [0.1, 0.15) is 11.5 Å². The monoisotopic (exact) mass is 305 g/mol. The first kappa shape index (κ1) is 16.2. The average Bonchev–Trinajstić information content (AvgIpc) is 2.86. The van der Waals surface area contributed by atoms with Crippen molar-refractivity contribution in [3.05, 3.63) is 53.1 Å². The Kier molecular flexibility index (Phi) is 4.92. The van der Waals surface area contributed by atoms with E-state index in [1.165, 1.54) is 22.9 Å². The number of aryl methyl sites for hydroxylation is 1. The summed E-state index contributed by atoms with van der Waals surface area (Å²) in [4.78, 5) is 12.1. The molecule has 1 aromatic carbocycles. The van der Waals surface area contributed by atoms with Crippen LogP contribution in [0.4, 0.5) is 4.39 Å². The number of hydrogen-bond donors (Lipinski definition) is 2. The summed E-state index contributed by atoms with van der Waals surface area (Å²) in [6.07, 6.45) is -0.961. The molecule has 0 aliphatic rings. The highest BCUT2D eigenvalue weighted by Gasteiger charge is 2.16. The van der Waals surface area contributed by atoms with Crippen molar-refractivity contribution in [2.45, 2.75) is 25.9 Å². The summed E-state index contributed by atoms with van der Waals surface area (Å²) in [5.74, 6) is -0.515. The first-order valence-electron chi connectivity index (χ1n) is 7.14. The molecule has 1 atom stereocenters. The topological polar surface area (TPSA) is 67.2 Å². The SMILES string of the molecule is CC(C)c1cc(C(=O)NC[C@H](O)c2cccc(F)c2)n(C)n1. The Labute approximate surface area is 128 Å². The second-order valence-electron chi connectivity index (χ2n) is 5.51. The molecule has 6 heteroatoms.